The smallest absolute Gasteiger partial charge is 0.298 e. The second-order valence-corrected chi connectivity index (χ2v) is 9.69. The van der Waals surface area contributed by atoms with Crippen LogP contribution in [0.2, 0.25) is 0 Å². The minimum atomic E-state index is -5.03. The average Bonchev–Trinajstić information content (AvgIpc) is 2.77. The molecule has 0 aliphatic carbocycles. The fraction of sp³-hybridized carbons (Fsp3) is 0. The summed E-state index contributed by atoms with van der Waals surface area (Å²) < 4.78 is 63.3. The summed E-state index contributed by atoms with van der Waals surface area (Å²) >= 11 is 0. The van der Waals surface area contributed by atoms with Gasteiger partial charge in [-0.3, -0.25) is 19.2 Å². The standard InChI is InChI=1S/C18H15N7O9S2/c19-12-7-13(20)15(8-14(12)22-21-9-1-3-11(4-2-9)35(29,30)31)23-24-16-5-10(25(27)28)6-17(18(16)26)36(32,33)34/h1-8,26H,19-20H2,(H,29,30,31)(H,32,33,34). The Morgan fingerprint density at radius 2 is 1.28 bits per heavy atom. The van der Waals surface area contributed by atoms with Gasteiger partial charge in [-0.25, -0.2) is 0 Å². The molecule has 0 aliphatic rings. The Balaban J connectivity index is 1.99. The highest BCUT2D eigenvalue weighted by Crippen LogP contribution is 2.40. The molecule has 0 spiro atoms. The van der Waals surface area contributed by atoms with E-state index in [9.17, 15) is 36.6 Å². The van der Waals surface area contributed by atoms with E-state index in [0.717, 1.165) is 18.2 Å². The van der Waals surface area contributed by atoms with E-state index in [0.29, 0.717) is 6.07 Å². The van der Waals surface area contributed by atoms with Gasteiger partial charge in [-0.05, 0) is 36.4 Å². The number of nitrogen functional groups attached to an aromatic ring is 2. The molecule has 7 N–H and O–H groups in total. The number of benzene rings is 3. The first-order valence-corrected chi connectivity index (χ1v) is 12.1. The Morgan fingerprint density at radius 1 is 0.750 bits per heavy atom. The average molecular weight is 537 g/mol. The molecule has 0 atom stereocenters. The maximum absolute atomic E-state index is 11.4. The molecular formula is C18H15N7O9S2. The molecular weight excluding hydrogens is 522 g/mol. The van der Waals surface area contributed by atoms with Gasteiger partial charge < -0.3 is 16.6 Å². The first-order valence-electron chi connectivity index (χ1n) is 9.25. The number of phenols is 1. The van der Waals surface area contributed by atoms with Crippen molar-refractivity contribution in [3.63, 3.8) is 0 Å². The number of nitrogens with two attached hydrogens (primary N) is 2. The Labute approximate surface area is 202 Å². The lowest BCUT2D eigenvalue weighted by atomic mass is 10.2. The molecule has 188 valence electrons. The van der Waals surface area contributed by atoms with Crippen LogP contribution in [-0.2, 0) is 20.2 Å². The van der Waals surface area contributed by atoms with Crippen molar-refractivity contribution in [2.45, 2.75) is 9.79 Å². The highest BCUT2D eigenvalue weighted by atomic mass is 32.2. The number of non-ortho nitro benzene ring substituents is 1. The molecule has 3 aromatic rings. The molecule has 0 unspecified atom stereocenters. The van der Waals surface area contributed by atoms with E-state index >= 15 is 0 Å². The number of nitro groups is 1. The minimum absolute atomic E-state index is 0.0268. The topological polar surface area (TPSA) is 274 Å². The van der Waals surface area contributed by atoms with Crippen LogP contribution in [0.3, 0.4) is 0 Å². The number of anilines is 2. The Hall–Kier alpha value is -4.52. The van der Waals surface area contributed by atoms with Crippen LogP contribution in [0.5, 0.6) is 5.75 Å². The first-order chi connectivity index (χ1) is 16.7. The lowest BCUT2D eigenvalue weighted by molar-refractivity contribution is -0.385. The zero-order valence-corrected chi connectivity index (χ0v) is 19.3. The number of rotatable bonds is 7. The summed E-state index contributed by atoms with van der Waals surface area (Å²) in [6.45, 7) is 0. The van der Waals surface area contributed by atoms with E-state index in [2.05, 4.69) is 20.5 Å². The van der Waals surface area contributed by atoms with Crippen LogP contribution in [0.25, 0.3) is 0 Å². The molecule has 0 aliphatic heterocycles. The van der Waals surface area contributed by atoms with E-state index in [4.69, 9.17) is 16.0 Å². The van der Waals surface area contributed by atoms with E-state index in [1.165, 1.54) is 24.3 Å². The molecule has 0 aromatic heterocycles. The second-order valence-electron chi connectivity index (χ2n) is 6.88. The lowest BCUT2D eigenvalue weighted by Crippen LogP contribution is -2.00. The van der Waals surface area contributed by atoms with Crippen molar-refractivity contribution in [3.8, 4) is 5.75 Å². The molecule has 0 radical (unpaired) electrons. The quantitative estimate of drug-likeness (QED) is 0.0949. The summed E-state index contributed by atoms with van der Waals surface area (Å²) in [5, 5.41) is 36.3. The van der Waals surface area contributed by atoms with Crippen molar-refractivity contribution in [1.29, 1.82) is 0 Å². The predicted molar refractivity (Wildman–Crippen MR) is 124 cm³/mol. The van der Waals surface area contributed by atoms with Gasteiger partial charge in [0.15, 0.2) is 5.75 Å². The van der Waals surface area contributed by atoms with Gasteiger partial charge in [-0.2, -0.15) is 21.9 Å². The summed E-state index contributed by atoms with van der Waals surface area (Å²) in [7, 11) is -9.42. The maximum atomic E-state index is 11.4. The Kier molecular flexibility index (Phi) is 6.97. The van der Waals surface area contributed by atoms with E-state index in [1.54, 1.807) is 0 Å². The highest BCUT2D eigenvalue weighted by molar-refractivity contribution is 7.86. The lowest BCUT2D eigenvalue weighted by Gasteiger charge is -2.06. The number of azo groups is 2. The molecule has 0 bridgehead atoms. The van der Waals surface area contributed by atoms with Gasteiger partial charge in [-0.15, -0.1) is 15.3 Å². The first kappa shape index (κ1) is 26.1. The van der Waals surface area contributed by atoms with Gasteiger partial charge in [0.05, 0.1) is 26.9 Å². The number of hydrogen-bond acceptors (Lipinski definition) is 13. The number of nitrogens with zero attached hydrogens (tertiary/aromatic N) is 5. The highest BCUT2D eigenvalue weighted by Gasteiger charge is 2.24. The number of phenolic OH excluding ortho intramolecular Hbond substituents is 1. The van der Waals surface area contributed by atoms with E-state index < -0.39 is 47.2 Å². The third-order valence-electron chi connectivity index (χ3n) is 4.38. The Bertz CT molecular complexity index is 1640. The van der Waals surface area contributed by atoms with Crippen LogP contribution in [0.4, 0.5) is 39.8 Å². The molecule has 16 nitrogen and oxygen atoms in total. The molecule has 18 heteroatoms. The number of nitro benzene ring substituents is 1. The van der Waals surface area contributed by atoms with Gasteiger partial charge in [0.2, 0.25) is 0 Å². The molecule has 36 heavy (non-hydrogen) atoms. The van der Waals surface area contributed by atoms with Crippen LogP contribution >= 0.6 is 0 Å². The van der Waals surface area contributed by atoms with Crippen LogP contribution in [0.1, 0.15) is 0 Å². The largest absolute Gasteiger partial charge is 0.504 e. The van der Waals surface area contributed by atoms with Crippen LogP contribution < -0.4 is 11.5 Å². The molecule has 0 saturated heterocycles. The third kappa shape index (κ3) is 5.93. The van der Waals surface area contributed by atoms with Crippen molar-refractivity contribution < 1.29 is 36.0 Å². The number of aromatic hydroxyl groups is 1. The maximum Gasteiger partial charge on any atom is 0.298 e. The molecule has 3 aromatic carbocycles. The third-order valence-corrected chi connectivity index (χ3v) is 6.11. The SMILES string of the molecule is Nc1cc(N)c(N=Nc2cc([N+](=O)[O-])cc(S(=O)(=O)O)c2O)cc1N=Nc1ccc(S(=O)(=O)O)cc1. The monoisotopic (exact) mass is 537 g/mol. The summed E-state index contributed by atoms with van der Waals surface area (Å²) in [5.74, 6) is -1.09. The van der Waals surface area contributed by atoms with Gasteiger partial charge >= 0.3 is 0 Å². The van der Waals surface area contributed by atoms with Crippen molar-refractivity contribution in [2.75, 3.05) is 11.5 Å². The number of hydrogen-bond donors (Lipinski definition) is 5. The molecule has 0 heterocycles. The molecule has 0 fully saturated rings. The summed E-state index contributed by atoms with van der Waals surface area (Å²) in [4.78, 5) is 8.62. The van der Waals surface area contributed by atoms with Crippen LogP contribution in [-0.4, -0.2) is 36.0 Å². The zero-order chi connectivity index (χ0) is 26.8. The normalized spacial score (nSPS) is 12.4. The summed E-state index contributed by atoms with van der Waals surface area (Å²) in [6.07, 6.45) is 0. The molecule has 3 rings (SSSR count). The van der Waals surface area contributed by atoms with Gasteiger partial charge in [0.25, 0.3) is 25.9 Å². The van der Waals surface area contributed by atoms with Crippen molar-refractivity contribution in [3.05, 3.63) is 58.6 Å². The summed E-state index contributed by atoms with van der Waals surface area (Å²) in [6, 6.07) is 8.34. The zero-order valence-electron chi connectivity index (χ0n) is 17.6. The Morgan fingerprint density at radius 3 is 1.78 bits per heavy atom. The molecule has 0 amide bonds. The van der Waals surface area contributed by atoms with Gasteiger partial charge in [0.1, 0.15) is 22.0 Å². The summed E-state index contributed by atoms with van der Waals surface area (Å²) in [5.41, 5.74) is 10.4. The van der Waals surface area contributed by atoms with Gasteiger partial charge in [-0.1, -0.05) is 0 Å². The van der Waals surface area contributed by atoms with E-state index in [1.807, 2.05) is 0 Å². The fourth-order valence-corrected chi connectivity index (χ4v) is 3.74. The minimum Gasteiger partial charge on any atom is -0.504 e. The predicted octanol–water partition coefficient (Wildman–Crippen LogP) is 3.79. The van der Waals surface area contributed by atoms with Crippen molar-refractivity contribution in [2.24, 2.45) is 20.5 Å². The van der Waals surface area contributed by atoms with Gasteiger partial charge in [0, 0.05) is 12.1 Å². The second kappa shape index (κ2) is 9.62. The van der Waals surface area contributed by atoms with Crippen molar-refractivity contribution in [1.82, 2.24) is 0 Å². The van der Waals surface area contributed by atoms with Crippen molar-refractivity contribution >= 4 is 60.0 Å². The van der Waals surface area contributed by atoms with E-state index in [-0.39, 0.29) is 33.3 Å². The molecule has 0 saturated carbocycles. The van der Waals surface area contributed by atoms with Crippen LogP contribution in [0, 0.1) is 10.1 Å². The van der Waals surface area contributed by atoms with Crippen LogP contribution in [0.15, 0.2) is 78.8 Å². The fourth-order valence-electron chi connectivity index (χ4n) is 2.65.